The topological polar surface area (TPSA) is 3.24 Å². The average molecular weight is 218 g/mol. The molecule has 1 aromatic carbocycles. The van der Waals surface area contributed by atoms with E-state index in [0.29, 0.717) is 10.0 Å². The van der Waals surface area contributed by atoms with Crippen molar-refractivity contribution in [3.05, 3.63) is 33.8 Å². The molecule has 0 radical (unpaired) electrons. The summed E-state index contributed by atoms with van der Waals surface area (Å²) in [5, 5.41) is 1.32. The molecule has 0 unspecified atom stereocenters. The number of nitrogens with zero attached hydrogens (tertiary/aromatic N) is 1. The van der Waals surface area contributed by atoms with Crippen molar-refractivity contribution in [1.82, 2.24) is 4.90 Å². The molecule has 0 spiro atoms. The van der Waals surface area contributed by atoms with Crippen molar-refractivity contribution in [2.75, 3.05) is 20.6 Å². The van der Waals surface area contributed by atoms with E-state index in [1.807, 2.05) is 32.3 Å². The van der Waals surface area contributed by atoms with Crippen molar-refractivity contribution in [1.29, 1.82) is 0 Å². The van der Waals surface area contributed by atoms with Gasteiger partial charge in [-0.15, -0.1) is 0 Å². The zero-order chi connectivity index (χ0) is 9.84. The summed E-state index contributed by atoms with van der Waals surface area (Å²) in [6.07, 6.45) is 0.937. The van der Waals surface area contributed by atoms with E-state index in [0.717, 1.165) is 18.5 Å². The third-order valence-electron chi connectivity index (χ3n) is 1.86. The van der Waals surface area contributed by atoms with Crippen molar-refractivity contribution < 1.29 is 0 Å². The number of benzene rings is 1. The van der Waals surface area contributed by atoms with Gasteiger partial charge in [-0.1, -0.05) is 35.3 Å². The molecule has 0 atom stereocenters. The number of halogens is 2. The first-order valence-electron chi connectivity index (χ1n) is 4.19. The van der Waals surface area contributed by atoms with E-state index in [-0.39, 0.29) is 0 Å². The third-order valence-corrected chi connectivity index (χ3v) is 2.72. The Morgan fingerprint density at radius 2 is 1.92 bits per heavy atom. The van der Waals surface area contributed by atoms with E-state index in [4.69, 9.17) is 23.2 Å². The van der Waals surface area contributed by atoms with Crippen LogP contribution in [0.4, 0.5) is 0 Å². The summed E-state index contributed by atoms with van der Waals surface area (Å²) in [5.74, 6) is 0. The van der Waals surface area contributed by atoms with Gasteiger partial charge in [-0.2, -0.15) is 0 Å². The van der Waals surface area contributed by atoms with Crippen LogP contribution in [0.25, 0.3) is 0 Å². The maximum atomic E-state index is 6.03. The van der Waals surface area contributed by atoms with E-state index in [2.05, 4.69) is 4.90 Å². The molecule has 3 heteroatoms. The summed E-state index contributed by atoms with van der Waals surface area (Å²) in [6.45, 7) is 0.986. The number of hydrogen-bond donors (Lipinski definition) is 0. The zero-order valence-electron chi connectivity index (χ0n) is 7.85. The molecule has 1 rings (SSSR count). The molecule has 0 aliphatic rings. The Morgan fingerprint density at radius 3 is 2.54 bits per heavy atom. The van der Waals surface area contributed by atoms with Gasteiger partial charge in [-0.3, -0.25) is 0 Å². The molecule has 0 amide bonds. The summed E-state index contributed by atoms with van der Waals surface area (Å²) in [5.41, 5.74) is 1.11. The second-order valence-corrected chi connectivity index (χ2v) is 4.05. The highest BCUT2D eigenvalue weighted by atomic mass is 35.5. The Hall–Kier alpha value is -0.240. The SMILES string of the molecule is CN(C)CCc1cccc(Cl)c1Cl. The van der Waals surface area contributed by atoms with Gasteiger partial charge in [-0.05, 0) is 32.1 Å². The van der Waals surface area contributed by atoms with Crippen LogP contribution in [0.2, 0.25) is 10.0 Å². The predicted octanol–water partition coefficient (Wildman–Crippen LogP) is 3.10. The minimum Gasteiger partial charge on any atom is -0.309 e. The van der Waals surface area contributed by atoms with Gasteiger partial charge < -0.3 is 4.90 Å². The van der Waals surface area contributed by atoms with Crippen LogP contribution in [0.15, 0.2) is 18.2 Å². The van der Waals surface area contributed by atoms with Crippen molar-refractivity contribution in [2.45, 2.75) is 6.42 Å². The Morgan fingerprint density at radius 1 is 1.23 bits per heavy atom. The zero-order valence-corrected chi connectivity index (χ0v) is 9.36. The van der Waals surface area contributed by atoms with Gasteiger partial charge in [0.25, 0.3) is 0 Å². The van der Waals surface area contributed by atoms with Crippen LogP contribution in [0.5, 0.6) is 0 Å². The van der Waals surface area contributed by atoms with Crippen LogP contribution in [0, 0.1) is 0 Å². The van der Waals surface area contributed by atoms with E-state index in [9.17, 15) is 0 Å². The molecule has 72 valence electrons. The Kier molecular flexibility index (Phi) is 4.04. The van der Waals surface area contributed by atoms with Crippen LogP contribution in [0.3, 0.4) is 0 Å². The Balaban J connectivity index is 2.71. The highest BCUT2D eigenvalue weighted by Gasteiger charge is 2.03. The molecule has 13 heavy (non-hydrogen) atoms. The van der Waals surface area contributed by atoms with E-state index < -0.39 is 0 Å². The molecule has 0 saturated heterocycles. The van der Waals surface area contributed by atoms with Gasteiger partial charge in [0.15, 0.2) is 0 Å². The number of hydrogen-bond acceptors (Lipinski definition) is 1. The summed E-state index contributed by atoms with van der Waals surface area (Å²) >= 11 is 11.9. The Bertz CT molecular complexity index is 284. The van der Waals surface area contributed by atoms with E-state index in [1.54, 1.807) is 0 Å². The van der Waals surface area contributed by atoms with Crippen molar-refractivity contribution in [3.63, 3.8) is 0 Å². The van der Waals surface area contributed by atoms with Gasteiger partial charge in [0, 0.05) is 6.54 Å². The van der Waals surface area contributed by atoms with Gasteiger partial charge in [0.1, 0.15) is 0 Å². The smallest absolute Gasteiger partial charge is 0.0624 e. The van der Waals surface area contributed by atoms with Crippen molar-refractivity contribution >= 4 is 23.2 Å². The molecular formula is C10H13Cl2N. The molecule has 0 fully saturated rings. The second kappa shape index (κ2) is 4.85. The van der Waals surface area contributed by atoms with Gasteiger partial charge in [0.05, 0.1) is 10.0 Å². The Labute approximate surface area is 89.3 Å². The minimum absolute atomic E-state index is 0.637. The standard InChI is InChI=1S/C10H13Cl2N/c1-13(2)7-6-8-4-3-5-9(11)10(8)12/h3-5H,6-7H2,1-2H3. The summed E-state index contributed by atoms with van der Waals surface area (Å²) in [4.78, 5) is 2.12. The number of rotatable bonds is 3. The molecule has 0 heterocycles. The lowest BCUT2D eigenvalue weighted by Crippen LogP contribution is -2.15. The van der Waals surface area contributed by atoms with Gasteiger partial charge in [-0.25, -0.2) is 0 Å². The minimum atomic E-state index is 0.637. The molecule has 0 bridgehead atoms. The summed E-state index contributed by atoms with van der Waals surface area (Å²) in [7, 11) is 4.08. The normalized spacial score (nSPS) is 10.8. The van der Waals surface area contributed by atoms with E-state index in [1.165, 1.54) is 0 Å². The fraction of sp³-hybridized carbons (Fsp3) is 0.400. The van der Waals surface area contributed by atoms with Crippen LogP contribution >= 0.6 is 23.2 Å². The maximum Gasteiger partial charge on any atom is 0.0624 e. The molecule has 0 N–H and O–H groups in total. The summed E-state index contributed by atoms with van der Waals surface area (Å²) in [6, 6.07) is 5.75. The van der Waals surface area contributed by atoms with Crippen LogP contribution < -0.4 is 0 Å². The number of likely N-dealkylation sites (N-methyl/N-ethyl adjacent to an activating group) is 1. The maximum absolute atomic E-state index is 6.03. The summed E-state index contributed by atoms with van der Waals surface area (Å²) < 4.78 is 0. The molecule has 1 aromatic rings. The molecule has 1 nitrogen and oxygen atoms in total. The fourth-order valence-electron chi connectivity index (χ4n) is 1.09. The lowest BCUT2D eigenvalue weighted by Gasteiger charge is -2.10. The van der Waals surface area contributed by atoms with E-state index >= 15 is 0 Å². The van der Waals surface area contributed by atoms with Crippen molar-refractivity contribution in [3.8, 4) is 0 Å². The molecule has 0 aromatic heterocycles. The first kappa shape index (κ1) is 10.8. The first-order chi connectivity index (χ1) is 6.11. The molecular weight excluding hydrogens is 205 g/mol. The van der Waals surface area contributed by atoms with Crippen LogP contribution in [-0.4, -0.2) is 25.5 Å². The first-order valence-corrected chi connectivity index (χ1v) is 4.94. The highest BCUT2D eigenvalue weighted by Crippen LogP contribution is 2.25. The molecule has 0 saturated carbocycles. The third kappa shape index (κ3) is 3.18. The van der Waals surface area contributed by atoms with Gasteiger partial charge >= 0.3 is 0 Å². The van der Waals surface area contributed by atoms with Crippen molar-refractivity contribution in [2.24, 2.45) is 0 Å². The highest BCUT2D eigenvalue weighted by molar-refractivity contribution is 6.42. The fourth-order valence-corrected chi connectivity index (χ4v) is 1.50. The average Bonchev–Trinajstić information content (AvgIpc) is 2.07. The monoisotopic (exact) mass is 217 g/mol. The molecule has 0 aliphatic carbocycles. The van der Waals surface area contributed by atoms with Crippen LogP contribution in [-0.2, 0) is 6.42 Å². The largest absolute Gasteiger partial charge is 0.309 e. The lowest BCUT2D eigenvalue weighted by molar-refractivity contribution is 0.413. The quantitative estimate of drug-likeness (QED) is 0.753. The van der Waals surface area contributed by atoms with Crippen LogP contribution in [0.1, 0.15) is 5.56 Å². The second-order valence-electron chi connectivity index (χ2n) is 3.27. The molecule has 0 aliphatic heterocycles. The lowest BCUT2D eigenvalue weighted by atomic mass is 10.1. The van der Waals surface area contributed by atoms with Gasteiger partial charge in [0.2, 0.25) is 0 Å². The predicted molar refractivity (Wildman–Crippen MR) is 58.7 cm³/mol.